The number of aromatic nitrogens is 2. The summed E-state index contributed by atoms with van der Waals surface area (Å²) < 4.78 is 10.6. The molecule has 0 amide bonds. The zero-order valence-electron chi connectivity index (χ0n) is 20.6. The third kappa shape index (κ3) is 5.33. The van der Waals surface area contributed by atoms with Crippen LogP contribution in [0.15, 0.2) is 48.8 Å². The van der Waals surface area contributed by atoms with Crippen molar-refractivity contribution in [2.24, 2.45) is 5.92 Å². The van der Waals surface area contributed by atoms with Crippen LogP contribution in [0, 0.1) is 17.2 Å². The Bertz CT molecular complexity index is 1240. The SMILES string of the molecule is CCc1c(CN2CC(C(=O)OC)C2)cccc1-c1cnc(-c2ccc(OC(C)C)c(C#N)c2)nc1. The van der Waals surface area contributed by atoms with Crippen molar-refractivity contribution in [3.8, 4) is 34.3 Å². The summed E-state index contributed by atoms with van der Waals surface area (Å²) in [4.78, 5) is 23.2. The van der Waals surface area contributed by atoms with Gasteiger partial charge in [0.05, 0.1) is 24.7 Å². The van der Waals surface area contributed by atoms with Crippen molar-refractivity contribution in [2.45, 2.75) is 39.8 Å². The molecule has 0 saturated carbocycles. The van der Waals surface area contributed by atoms with E-state index in [0.717, 1.165) is 42.7 Å². The average Bonchev–Trinajstić information content (AvgIpc) is 2.85. The maximum absolute atomic E-state index is 11.7. The van der Waals surface area contributed by atoms with Crippen molar-refractivity contribution in [1.82, 2.24) is 14.9 Å². The largest absolute Gasteiger partial charge is 0.490 e. The highest BCUT2D eigenvalue weighted by molar-refractivity contribution is 5.74. The lowest BCUT2D eigenvalue weighted by atomic mass is 9.93. The zero-order chi connectivity index (χ0) is 24.9. The topological polar surface area (TPSA) is 88.3 Å². The van der Waals surface area contributed by atoms with E-state index in [1.165, 1.54) is 18.2 Å². The molecule has 180 valence electrons. The van der Waals surface area contributed by atoms with Gasteiger partial charge < -0.3 is 9.47 Å². The van der Waals surface area contributed by atoms with Crippen molar-refractivity contribution in [3.63, 3.8) is 0 Å². The minimum absolute atomic E-state index is 0.0117. The lowest BCUT2D eigenvalue weighted by Crippen LogP contribution is -2.50. The normalized spacial score (nSPS) is 13.8. The number of nitriles is 1. The fourth-order valence-corrected chi connectivity index (χ4v) is 4.46. The van der Waals surface area contributed by atoms with E-state index in [2.05, 4.69) is 46.1 Å². The molecule has 35 heavy (non-hydrogen) atoms. The molecule has 0 radical (unpaired) electrons. The number of hydrogen-bond donors (Lipinski definition) is 0. The summed E-state index contributed by atoms with van der Waals surface area (Å²) in [6.07, 6.45) is 4.54. The molecule has 7 nitrogen and oxygen atoms in total. The Hall–Kier alpha value is -3.76. The molecule has 0 aliphatic carbocycles. The average molecular weight is 471 g/mol. The fourth-order valence-electron chi connectivity index (χ4n) is 4.46. The predicted molar refractivity (Wildman–Crippen MR) is 134 cm³/mol. The quantitative estimate of drug-likeness (QED) is 0.443. The molecule has 7 heteroatoms. The summed E-state index contributed by atoms with van der Waals surface area (Å²) in [6.45, 7) is 8.26. The number of benzene rings is 2. The molecular weight excluding hydrogens is 440 g/mol. The summed E-state index contributed by atoms with van der Waals surface area (Å²) in [7, 11) is 1.44. The highest BCUT2D eigenvalue weighted by atomic mass is 16.5. The van der Waals surface area contributed by atoms with Crippen molar-refractivity contribution in [1.29, 1.82) is 5.26 Å². The zero-order valence-corrected chi connectivity index (χ0v) is 20.6. The second kappa shape index (κ2) is 10.7. The van der Waals surface area contributed by atoms with Crippen LogP contribution < -0.4 is 4.74 Å². The molecule has 4 rings (SSSR count). The summed E-state index contributed by atoms with van der Waals surface area (Å²) >= 11 is 0. The number of ether oxygens (including phenoxy) is 2. The molecule has 1 fully saturated rings. The number of carbonyl (C=O) groups excluding carboxylic acids is 1. The number of hydrogen-bond acceptors (Lipinski definition) is 7. The van der Waals surface area contributed by atoms with Crippen LogP contribution in [0.2, 0.25) is 0 Å². The first kappa shape index (κ1) is 24.4. The van der Waals surface area contributed by atoms with Crippen LogP contribution >= 0.6 is 0 Å². The van der Waals surface area contributed by atoms with E-state index < -0.39 is 0 Å². The van der Waals surface area contributed by atoms with Crippen LogP contribution in [0.5, 0.6) is 5.75 Å². The molecule has 0 atom stereocenters. The van der Waals surface area contributed by atoms with Gasteiger partial charge >= 0.3 is 5.97 Å². The van der Waals surface area contributed by atoms with Crippen LogP contribution in [0.4, 0.5) is 0 Å². The smallest absolute Gasteiger partial charge is 0.311 e. The first-order valence-corrected chi connectivity index (χ1v) is 11.9. The molecule has 3 aromatic rings. The lowest BCUT2D eigenvalue weighted by molar-refractivity contribution is -0.151. The van der Waals surface area contributed by atoms with Crippen molar-refractivity contribution in [2.75, 3.05) is 20.2 Å². The summed E-state index contributed by atoms with van der Waals surface area (Å²) in [5.74, 6) is 0.964. The van der Waals surface area contributed by atoms with Gasteiger partial charge in [-0.05, 0) is 55.2 Å². The van der Waals surface area contributed by atoms with E-state index in [0.29, 0.717) is 17.1 Å². The third-order valence-corrected chi connectivity index (χ3v) is 6.20. The monoisotopic (exact) mass is 470 g/mol. The first-order valence-electron chi connectivity index (χ1n) is 11.9. The number of methoxy groups -OCH3 is 1. The van der Waals surface area contributed by atoms with E-state index in [9.17, 15) is 10.1 Å². The number of carbonyl (C=O) groups is 1. The van der Waals surface area contributed by atoms with Gasteiger partial charge in [0, 0.05) is 43.2 Å². The molecule has 1 aromatic heterocycles. The van der Waals surface area contributed by atoms with Crippen LogP contribution in [0.25, 0.3) is 22.5 Å². The second-order valence-electron chi connectivity index (χ2n) is 9.00. The Morgan fingerprint density at radius 3 is 2.54 bits per heavy atom. The van der Waals surface area contributed by atoms with Gasteiger partial charge in [0.1, 0.15) is 11.8 Å². The number of likely N-dealkylation sites (tertiary alicyclic amines) is 1. The summed E-state index contributed by atoms with van der Waals surface area (Å²) in [5, 5.41) is 9.52. The molecule has 1 saturated heterocycles. The van der Waals surface area contributed by atoms with Gasteiger partial charge in [-0.3, -0.25) is 9.69 Å². The maximum Gasteiger partial charge on any atom is 0.311 e. The second-order valence-corrected chi connectivity index (χ2v) is 9.00. The van der Waals surface area contributed by atoms with Crippen LogP contribution in [0.3, 0.4) is 0 Å². The van der Waals surface area contributed by atoms with Crippen LogP contribution in [-0.4, -0.2) is 47.1 Å². The fraction of sp³-hybridized carbons (Fsp3) is 0.357. The molecular formula is C28H30N4O3. The molecule has 0 bridgehead atoms. The van der Waals surface area contributed by atoms with E-state index >= 15 is 0 Å². The van der Waals surface area contributed by atoms with Gasteiger partial charge in [0.2, 0.25) is 0 Å². The number of rotatable bonds is 8. The van der Waals surface area contributed by atoms with Gasteiger partial charge in [-0.1, -0.05) is 25.1 Å². The minimum Gasteiger partial charge on any atom is -0.490 e. The van der Waals surface area contributed by atoms with Gasteiger partial charge in [-0.15, -0.1) is 0 Å². The number of nitrogens with zero attached hydrogens (tertiary/aromatic N) is 4. The number of esters is 1. The molecule has 0 N–H and O–H groups in total. The van der Waals surface area contributed by atoms with E-state index in [-0.39, 0.29) is 18.0 Å². The Kier molecular flexibility index (Phi) is 7.42. The van der Waals surface area contributed by atoms with E-state index in [1.54, 1.807) is 12.1 Å². The molecule has 0 unspecified atom stereocenters. The Labute approximate surface area is 206 Å². The highest BCUT2D eigenvalue weighted by Crippen LogP contribution is 2.30. The van der Waals surface area contributed by atoms with E-state index in [4.69, 9.17) is 9.47 Å². The molecule has 1 aliphatic heterocycles. The molecule has 2 heterocycles. The summed E-state index contributed by atoms with van der Waals surface area (Å²) in [6, 6.07) is 13.9. The first-order chi connectivity index (χ1) is 16.9. The van der Waals surface area contributed by atoms with Crippen LogP contribution in [-0.2, 0) is 22.5 Å². The van der Waals surface area contributed by atoms with Gasteiger partial charge in [-0.25, -0.2) is 9.97 Å². The standard InChI is InChI=1S/C28H30N4O3/c1-5-24-20(15-32-16-23(17-32)28(33)34-4)7-6-8-25(24)22-13-30-27(31-14-22)19-9-10-26(35-18(2)3)21(11-19)12-29/h6-11,13-14,18,23H,5,15-17H2,1-4H3. The molecule has 0 spiro atoms. The van der Waals surface area contributed by atoms with Crippen molar-refractivity contribution < 1.29 is 14.3 Å². The molecule has 1 aliphatic rings. The Morgan fingerprint density at radius 1 is 1.17 bits per heavy atom. The van der Waals surface area contributed by atoms with Gasteiger partial charge in [0.25, 0.3) is 0 Å². The van der Waals surface area contributed by atoms with Gasteiger partial charge in [0.15, 0.2) is 5.82 Å². The van der Waals surface area contributed by atoms with Gasteiger partial charge in [-0.2, -0.15) is 5.26 Å². The Balaban J connectivity index is 1.54. The highest BCUT2D eigenvalue weighted by Gasteiger charge is 2.33. The van der Waals surface area contributed by atoms with Crippen molar-refractivity contribution >= 4 is 5.97 Å². The summed E-state index contributed by atoms with van der Waals surface area (Å²) in [5.41, 5.74) is 5.80. The Morgan fingerprint density at radius 2 is 1.91 bits per heavy atom. The van der Waals surface area contributed by atoms with Crippen LogP contribution in [0.1, 0.15) is 37.5 Å². The van der Waals surface area contributed by atoms with Crippen molar-refractivity contribution in [3.05, 3.63) is 65.5 Å². The lowest BCUT2D eigenvalue weighted by Gasteiger charge is -2.37. The predicted octanol–water partition coefficient (Wildman–Crippen LogP) is 4.64. The molecule has 2 aromatic carbocycles. The van der Waals surface area contributed by atoms with E-state index in [1.807, 2.05) is 32.3 Å². The minimum atomic E-state index is -0.132. The maximum atomic E-state index is 11.7. The third-order valence-electron chi connectivity index (χ3n) is 6.20.